The third-order valence-electron chi connectivity index (χ3n) is 2.54. The topological polar surface area (TPSA) is 48.1 Å². The zero-order valence-corrected chi connectivity index (χ0v) is 9.43. The molecule has 0 aliphatic rings. The van der Waals surface area contributed by atoms with Gasteiger partial charge in [0, 0.05) is 0 Å². The highest BCUT2D eigenvalue weighted by atomic mass is 19.1. The Hall–Kier alpha value is -1.94. The molecular formula is C13H13FN2O. The van der Waals surface area contributed by atoms with Crippen molar-refractivity contribution in [1.82, 2.24) is 4.98 Å². The van der Waals surface area contributed by atoms with Crippen LogP contribution in [-0.2, 0) is 0 Å². The molecule has 0 radical (unpaired) electrons. The molecule has 2 rings (SSSR count). The average molecular weight is 232 g/mol. The number of aromatic nitrogens is 1. The monoisotopic (exact) mass is 232 g/mol. The molecular weight excluding hydrogens is 219 g/mol. The van der Waals surface area contributed by atoms with Crippen molar-refractivity contribution in [2.24, 2.45) is 5.73 Å². The van der Waals surface area contributed by atoms with Crippen LogP contribution in [0.1, 0.15) is 17.3 Å². The minimum absolute atomic E-state index is 0.360. The predicted molar refractivity (Wildman–Crippen MR) is 63.2 cm³/mol. The van der Waals surface area contributed by atoms with Gasteiger partial charge in [-0.2, -0.15) is 0 Å². The summed E-state index contributed by atoms with van der Waals surface area (Å²) in [4.78, 5) is 3.97. The standard InChI is InChI=1S/C13H13FN2O/c1-17-11-5-2-9(3-6-11)13(15)12-7-4-10(14)8-16-12/h2-8,13H,15H2,1H3. The fraction of sp³-hybridized carbons (Fsp3) is 0.154. The first-order valence-electron chi connectivity index (χ1n) is 5.21. The summed E-state index contributed by atoms with van der Waals surface area (Å²) < 4.78 is 17.8. The molecule has 17 heavy (non-hydrogen) atoms. The number of hydrogen-bond donors (Lipinski definition) is 1. The van der Waals surface area contributed by atoms with Gasteiger partial charge in [-0.05, 0) is 29.8 Å². The van der Waals surface area contributed by atoms with Crippen LogP contribution >= 0.6 is 0 Å². The lowest BCUT2D eigenvalue weighted by atomic mass is 10.0. The summed E-state index contributed by atoms with van der Waals surface area (Å²) in [5, 5.41) is 0. The number of rotatable bonds is 3. The summed E-state index contributed by atoms with van der Waals surface area (Å²) in [6, 6.07) is 9.98. The van der Waals surface area contributed by atoms with E-state index < -0.39 is 0 Å². The number of benzene rings is 1. The van der Waals surface area contributed by atoms with E-state index in [1.54, 1.807) is 13.2 Å². The molecule has 0 aliphatic carbocycles. The van der Waals surface area contributed by atoms with E-state index in [0.717, 1.165) is 11.3 Å². The smallest absolute Gasteiger partial charge is 0.141 e. The van der Waals surface area contributed by atoms with E-state index in [2.05, 4.69) is 4.98 Å². The van der Waals surface area contributed by atoms with Crippen molar-refractivity contribution in [2.45, 2.75) is 6.04 Å². The summed E-state index contributed by atoms with van der Waals surface area (Å²) in [5.74, 6) is 0.406. The lowest BCUT2D eigenvalue weighted by molar-refractivity contribution is 0.414. The molecule has 1 atom stereocenters. The van der Waals surface area contributed by atoms with Gasteiger partial charge in [0.15, 0.2) is 0 Å². The second-order valence-electron chi connectivity index (χ2n) is 3.65. The van der Waals surface area contributed by atoms with E-state index in [-0.39, 0.29) is 11.9 Å². The van der Waals surface area contributed by atoms with Crippen LogP contribution in [0.4, 0.5) is 4.39 Å². The van der Waals surface area contributed by atoms with Gasteiger partial charge in [0.2, 0.25) is 0 Å². The molecule has 0 bridgehead atoms. The van der Waals surface area contributed by atoms with Crippen molar-refractivity contribution in [3.63, 3.8) is 0 Å². The minimum Gasteiger partial charge on any atom is -0.497 e. The molecule has 0 aliphatic heterocycles. The Bertz CT molecular complexity index is 482. The Labute approximate surface area is 99.1 Å². The van der Waals surface area contributed by atoms with E-state index >= 15 is 0 Å². The first kappa shape index (κ1) is 11.5. The molecule has 88 valence electrons. The molecule has 3 nitrogen and oxygen atoms in total. The van der Waals surface area contributed by atoms with Crippen molar-refractivity contribution in [2.75, 3.05) is 7.11 Å². The number of nitrogens with zero attached hydrogens (tertiary/aromatic N) is 1. The van der Waals surface area contributed by atoms with Crippen molar-refractivity contribution in [3.05, 3.63) is 59.7 Å². The van der Waals surface area contributed by atoms with Crippen LogP contribution in [-0.4, -0.2) is 12.1 Å². The highest BCUT2D eigenvalue weighted by Gasteiger charge is 2.10. The van der Waals surface area contributed by atoms with Crippen LogP contribution in [0.15, 0.2) is 42.6 Å². The van der Waals surface area contributed by atoms with E-state index in [9.17, 15) is 4.39 Å². The summed E-state index contributed by atoms with van der Waals surface area (Å²) in [7, 11) is 1.61. The van der Waals surface area contributed by atoms with Crippen LogP contribution < -0.4 is 10.5 Å². The number of methoxy groups -OCH3 is 1. The number of ether oxygens (including phenoxy) is 1. The van der Waals surface area contributed by atoms with Gasteiger partial charge in [-0.3, -0.25) is 4.98 Å². The highest BCUT2D eigenvalue weighted by Crippen LogP contribution is 2.20. The molecule has 1 aromatic heterocycles. The van der Waals surface area contributed by atoms with Gasteiger partial charge < -0.3 is 10.5 Å². The molecule has 2 N–H and O–H groups in total. The summed E-state index contributed by atoms with van der Waals surface area (Å²) in [6.07, 6.45) is 1.17. The number of pyridine rings is 1. The maximum absolute atomic E-state index is 12.7. The van der Waals surface area contributed by atoms with Gasteiger partial charge in [0.05, 0.1) is 25.0 Å². The Morgan fingerprint density at radius 1 is 1.18 bits per heavy atom. The highest BCUT2D eigenvalue weighted by molar-refractivity contribution is 5.32. The summed E-state index contributed by atoms with van der Waals surface area (Å²) >= 11 is 0. The number of hydrogen-bond acceptors (Lipinski definition) is 3. The Kier molecular flexibility index (Phi) is 3.35. The second-order valence-corrected chi connectivity index (χ2v) is 3.65. The zero-order valence-electron chi connectivity index (χ0n) is 9.43. The van der Waals surface area contributed by atoms with E-state index in [1.165, 1.54) is 12.3 Å². The van der Waals surface area contributed by atoms with Crippen molar-refractivity contribution in [3.8, 4) is 5.75 Å². The Balaban J connectivity index is 2.23. The van der Waals surface area contributed by atoms with Gasteiger partial charge in [-0.1, -0.05) is 12.1 Å². The van der Waals surface area contributed by atoms with E-state index in [0.29, 0.717) is 5.69 Å². The number of halogens is 1. The van der Waals surface area contributed by atoms with E-state index in [4.69, 9.17) is 10.5 Å². The van der Waals surface area contributed by atoms with Gasteiger partial charge in [-0.25, -0.2) is 4.39 Å². The molecule has 0 saturated carbocycles. The number of nitrogens with two attached hydrogens (primary N) is 1. The van der Waals surface area contributed by atoms with Gasteiger partial charge in [0.1, 0.15) is 11.6 Å². The molecule has 0 saturated heterocycles. The van der Waals surface area contributed by atoms with Gasteiger partial charge >= 0.3 is 0 Å². The normalized spacial score (nSPS) is 12.2. The lowest BCUT2D eigenvalue weighted by Gasteiger charge is -2.11. The van der Waals surface area contributed by atoms with Gasteiger partial charge in [0.25, 0.3) is 0 Å². The van der Waals surface area contributed by atoms with Gasteiger partial charge in [-0.15, -0.1) is 0 Å². The fourth-order valence-corrected chi connectivity index (χ4v) is 1.55. The Morgan fingerprint density at radius 2 is 1.88 bits per heavy atom. The Morgan fingerprint density at radius 3 is 2.41 bits per heavy atom. The molecule has 1 aromatic carbocycles. The molecule has 2 aromatic rings. The third-order valence-corrected chi connectivity index (χ3v) is 2.54. The molecule has 0 amide bonds. The SMILES string of the molecule is COc1ccc(C(N)c2ccc(F)cn2)cc1. The van der Waals surface area contributed by atoms with Crippen molar-refractivity contribution < 1.29 is 9.13 Å². The summed E-state index contributed by atoms with van der Waals surface area (Å²) in [6.45, 7) is 0. The fourth-order valence-electron chi connectivity index (χ4n) is 1.55. The molecule has 0 spiro atoms. The van der Waals surface area contributed by atoms with Crippen LogP contribution in [0, 0.1) is 5.82 Å². The zero-order chi connectivity index (χ0) is 12.3. The maximum Gasteiger partial charge on any atom is 0.141 e. The molecule has 1 heterocycles. The van der Waals surface area contributed by atoms with Crippen molar-refractivity contribution >= 4 is 0 Å². The third kappa shape index (κ3) is 2.60. The van der Waals surface area contributed by atoms with Crippen LogP contribution in [0.5, 0.6) is 5.75 Å². The average Bonchev–Trinajstić information content (AvgIpc) is 2.39. The quantitative estimate of drug-likeness (QED) is 0.883. The molecule has 0 fully saturated rings. The van der Waals surface area contributed by atoms with Crippen LogP contribution in [0.3, 0.4) is 0 Å². The lowest BCUT2D eigenvalue weighted by Crippen LogP contribution is -2.13. The minimum atomic E-state index is -0.365. The predicted octanol–water partition coefficient (Wildman–Crippen LogP) is 2.28. The maximum atomic E-state index is 12.7. The van der Waals surface area contributed by atoms with E-state index in [1.807, 2.05) is 24.3 Å². The van der Waals surface area contributed by atoms with Crippen LogP contribution in [0.25, 0.3) is 0 Å². The second kappa shape index (κ2) is 4.93. The first-order valence-corrected chi connectivity index (χ1v) is 5.21. The molecule has 1 unspecified atom stereocenters. The van der Waals surface area contributed by atoms with Crippen LogP contribution in [0.2, 0.25) is 0 Å². The largest absolute Gasteiger partial charge is 0.497 e. The summed E-state index contributed by atoms with van der Waals surface area (Å²) in [5.41, 5.74) is 7.58. The first-order chi connectivity index (χ1) is 8.20. The van der Waals surface area contributed by atoms with Crippen molar-refractivity contribution in [1.29, 1.82) is 0 Å². The molecule has 4 heteroatoms.